The molecule has 0 aliphatic rings. The van der Waals surface area contributed by atoms with E-state index in [-0.39, 0.29) is 0 Å². The van der Waals surface area contributed by atoms with Crippen molar-refractivity contribution >= 4 is 5.97 Å². The number of carbonyl (C=O) groups is 1. The number of nitriles is 1. The van der Waals surface area contributed by atoms with E-state index < -0.39 is 17.2 Å². The van der Waals surface area contributed by atoms with Crippen molar-refractivity contribution in [3.05, 3.63) is 69.8 Å². The maximum Gasteiger partial charge on any atom is 0.349 e. The number of rotatable bonds is 5. The Kier molecular flexibility index (Phi) is 5.77. The Labute approximate surface area is 161 Å². The molecule has 2 aromatic carbocycles. The van der Waals surface area contributed by atoms with E-state index in [0.717, 1.165) is 33.4 Å². The van der Waals surface area contributed by atoms with Gasteiger partial charge in [0.2, 0.25) is 5.60 Å². The number of ether oxygens (including phenoxy) is 2. The first-order chi connectivity index (χ1) is 12.6. The standard InChI is InChI=1S/C23H27NO3/c1-15-10-8-11-16(2)19(15)23(26-7,21(25)27-22(5,6)14-24)20-17(3)12-9-13-18(20)4/h8-13H,1-7H3. The molecule has 4 nitrogen and oxygen atoms in total. The molecule has 0 radical (unpaired) electrons. The first-order valence-electron chi connectivity index (χ1n) is 8.94. The summed E-state index contributed by atoms with van der Waals surface area (Å²) in [6.07, 6.45) is 0. The van der Waals surface area contributed by atoms with Crippen molar-refractivity contribution in [2.45, 2.75) is 52.7 Å². The average Bonchev–Trinajstić information content (AvgIpc) is 2.59. The largest absolute Gasteiger partial charge is 0.442 e. The molecule has 4 heteroatoms. The number of benzene rings is 2. The molecule has 0 spiro atoms. The van der Waals surface area contributed by atoms with Gasteiger partial charge in [-0.05, 0) is 63.8 Å². The Hall–Kier alpha value is -2.64. The van der Waals surface area contributed by atoms with Gasteiger partial charge in [0, 0.05) is 18.2 Å². The zero-order chi connectivity index (χ0) is 20.4. The summed E-state index contributed by atoms with van der Waals surface area (Å²) in [7, 11) is 1.51. The van der Waals surface area contributed by atoms with Crippen LogP contribution in [-0.2, 0) is 19.9 Å². The Balaban J connectivity index is 2.91. The fourth-order valence-electron chi connectivity index (χ4n) is 3.68. The molecule has 0 aliphatic carbocycles. The summed E-state index contributed by atoms with van der Waals surface area (Å²) in [6, 6.07) is 13.7. The van der Waals surface area contributed by atoms with Crippen LogP contribution in [0.1, 0.15) is 47.2 Å². The van der Waals surface area contributed by atoms with Crippen LogP contribution in [0.15, 0.2) is 36.4 Å². The Morgan fingerprint density at radius 3 is 1.56 bits per heavy atom. The minimum absolute atomic E-state index is 0.591. The summed E-state index contributed by atoms with van der Waals surface area (Å²) < 4.78 is 11.6. The second kappa shape index (κ2) is 7.54. The van der Waals surface area contributed by atoms with Gasteiger partial charge in [0.25, 0.3) is 0 Å². The quantitative estimate of drug-likeness (QED) is 0.723. The molecular weight excluding hydrogens is 338 g/mol. The van der Waals surface area contributed by atoms with Crippen molar-refractivity contribution in [1.82, 2.24) is 0 Å². The maximum absolute atomic E-state index is 13.6. The third-order valence-electron chi connectivity index (χ3n) is 4.88. The molecular formula is C23H27NO3. The van der Waals surface area contributed by atoms with E-state index in [2.05, 4.69) is 0 Å². The highest BCUT2D eigenvalue weighted by molar-refractivity contribution is 5.88. The van der Waals surface area contributed by atoms with Crippen molar-refractivity contribution < 1.29 is 14.3 Å². The van der Waals surface area contributed by atoms with Gasteiger partial charge in [0.15, 0.2) is 5.60 Å². The average molecular weight is 365 g/mol. The normalized spacial score (nSPS) is 11.8. The summed E-state index contributed by atoms with van der Waals surface area (Å²) in [6.45, 7) is 10.9. The van der Waals surface area contributed by atoms with Gasteiger partial charge in [-0.1, -0.05) is 36.4 Å². The van der Waals surface area contributed by atoms with Crippen molar-refractivity contribution in [1.29, 1.82) is 5.26 Å². The Morgan fingerprint density at radius 2 is 1.26 bits per heavy atom. The molecule has 0 aromatic heterocycles. The van der Waals surface area contributed by atoms with E-state index >= 15 is 0 Å². The fourth-order valence-corrected chi connectivity index (χ4v) is 3.68. The molecule has 0 bridgehead atoms. The van der Waals surface area contributed by atoms with E-state index in [1.165, 1.54) is 7.11 Å². The van der Waals surface area contributed by atoms with Crippen LogP contribution in [0.5, 0.6) is 0 Å². The predicted molar refractivity (Wildman–Crippen MR) is 105 cm³/mol. The van der Waals surface area contributed by atoms with Crippen LogP contribution in [0.3, 0.4) is 0 Å². The monoisotopic (exact) mass is 365 g/mol. The molecule has 0 atom stereocenters. The number of nitrogens with zero attached hydrogens (tertiary/aromatic N) is 1. The molecule has 27 heavy (non-hydrogen) atoms. The molecule has 142 valence electrons. The van der Waals surface area contributed by atoms with E-state index in [1.54, 1.807) is 13.8 Å². The second-order valence-electron chi connectivity index (χ2n) is 7.43. The molecule has 0 fully saturated rings. The summed E-state index contributed by atoms with van der Waals surface area (Å²) in [5.41, 5.74) is 2.47. The number of hydrogen-bond acceptors (Lipinski definition) is 4. The number of hydrogen-bond donors (Lipinski definition) is 0. The lowest BCUT2D eigenvalue weighted by molar-refractivity contribution is -0.174. The summed E-state index contributed by atoms with van der Waals surface area (Å²) in [5.74, 6) is -0.591. The van der Waals surface area contributed by atoms with Crippen molar-refractivity contribution in [3.63, 3.8) is 0 Å². The molecule has 0 N–H and O–H groups in total. The van der Waals surface area contributed by atoms with Gasteiger partial charge in [-0.2, -0.15) is 5.26 Å². The zero-order valence-corrected chi connectivity index (χ0v) is 17.1. The number of esters is 1. The van der Waals surface area contributed by atoms with E-state index in [1.807, 2.05) is 70.2 Å². The molecule has 2 aromatic rings. The fraction of sp³-hybridized carbons (Fsp3) is 0.391. The Bertz CT molecular complexity index is 814. The summed E-state index contributed by atoms with van der Waals surface area (Å²) in [4.78, 5) is 13.6. The lowest BCUT2D eigenvalue weighted by atomic mass is 9.77. The molecule has 0 unspecified atom stereocenters. The molecule has 0 saturated heterocycles. The van der Waals surface area contributed by atoms with Gasteiger partial charge in [-0.25, -0.2) is 4.79 Å². The molecule has 0 amide bonds. The maximum atomic E-state index is 13.6. The molecule has 0 saturated carbocycles. The van der Waals surface area contributed by atoms with Gasteiger partial charge in [-0.15, -0.1) is 0 Å². The highest BCUT2D eigenvalue weighted by Gasteiger charge is 2.49. The van der Waals surface area contributed by atoms with Crippen LogP contribution in [0.25, 0.3) is 0 Å². The van der Waals surface area contributed by atoms with Crippen LogP contribution in [0, 0.1) is 39.0 Å². The number of aryl methyl sites for hydroxylation is 4. The van der Waals surface area contributed by atoms with Crippen molar-refractivity contribution in [3.8, 4) is 6.07 Å². The lowest BCUT2D eigenvalue weighted by Crippen LogP contribution is -2.46. The first-order valence-corrected chi connectivity index (χ1v) is 8.94. The predicted octanol–water partition coefficient (Wildman–Crippen LogP) is 4.66. The minimum atomic E-state index is -1.46. The third kappa shape index (κ3) is 3.61. The third-order valence-corrected chi connectivity index (χ3v) is 4.88. The van der Waals surface area contributed by atoms with Crippen LogP contribution in [-0.4, -0.2) is 18.7 Å². The topological polar surface area (TPSA) is 59.3 Å². The lowest BCUT2D eigenvalue weighted by Gasteiger charge is -2.37. The van der Waals surface area contributed by atoms with Crippen LogP contribution < -0.4 is 0 Å². The van der Waals surface area contributed by atoms with E-state index in [9.17, 15) is 10.1 Å². The van der Waals surface area contributed by atoms with Gasteiger partial charge in [0.1, 0.15) is 6.07 Å². The zero-order valence-electron chi connectivity index (χ0n) is 17.1. The molecule has 0 aliphatic heterocycles. The summed E-state index contributed by atoms with van der Waals surface area (Å²) in [5, 5.41) is 9.37. The van der Waals surface area contributed by atoms with Crippen LogP contribution in [0.2, 0.25) is 0 Å². The van der Waals surface area contributed by atoms with Crippen molar-refractivity contribution in [2.75, 3.05) is 7.11 Å². The first kappa shape index (κ1) is 20.7. The summed E-state index contributed by atoms with van der Waals surface area (Å²) >= 11 is 0. The minimum Gasteiger partial charge on any atom is -0.442 e. The van der Waals surface area contributed by atoms with Crippen molar-refractivity contribution in [2.24, 2.45) is 0 Å². The van der Waals surface area contributed by atoms with Gasteiger partial charge >= 0.3 is 5.97 Å². The van der Waals surface area contributed by atoms with Gasteiger partial charge in [-0.3, -0.25) is 0 Å². The van der Waals surface area contributed by atoms with E-state index in [0.29, 0.717) is 0 Å². The highest BCUT2D eigenvalue weighted by atomic mass is 16.6. The van der Waals surface area contributed by atoms with Crippen LogP contribution in [0.4, 0.5) is 0 Å². The van der Waals surface area contributed by atoms with Gasteiger partial charge in [0.05, 0.1) is 0 Å². The SMILES string of the molecule is COC(C(=O)OC(C)(C)C#N)(c1c(C)cccc1C)c1c(C)cccc1C. The second-order valence-corrected chi connectivity index (χ2v) is 7.43. The highest BCUT2D eigenvalue weighted by Crippen LogP contribution is 2.42. The van der Waals surface area contributed by atoms with E-state index in [4.69, 9.17) is 9.47 Å². The number of carbonyl (C=O) groups excluding carboxylic acids is 1. The molecule has 0 heterocycles. The Morgan fingerprint density at radius 1 is 0.889 bits per heavy atom. The number of methoxy groups -OCH3 is 1. The van der Waals surface area contributed by atoms with Crippen LogP contribution >= 0.6 is 0 Å². The van der Waals surface area contributed by atoms with Gasteiger partial charge < -0.3 is 9.47 Å². The molecule has 2 rings (SSSR count). The smallest absolute Gasteiger partial charge is 0.349 e.